The van der Waals surface area contributed by atoms with Gasteiger partial charge in [0.1, 0.15) is 5.76 Å². The summed E-state index contributed by atoms with van der Waals surface area (Å²) >= 11 is 0. The molecule has 1 aromatic carbocycles. The molecule has 0 aliphatic heterocycles. The fourth-order valence-electron chi connectivity index (χ4n) is 2.05. The number of rotatable bonds is 6. The van der Waals surface area contributed by atoms with E-state index < -0.39 is 0 Å². The normalized spacial score (nSPS) is 10.8. The summed E-state index contributed by atoms with van der Waals surface area (Å²) in [5.41, 5.74) is 0.801. The van der Waals surface area contributed by atoms with Crippen LogP contribution in [0, 0.1) is 5.82 Å². The maximum absolute atomic E-state index is 13.8. The molecule has 0 N–H and O–H groups in total. The van der Waals surface area contributed by atoms with Gasteiger partial charge in [0.25, 0.3) is 0 Å². The SMILES string of the molecule is CCCCCCc1cc(F)c(-c2ccccc2)o1. The highest BCUT2D eigenvalue weighted by molar-refractivity contribution is 5.58. The molecule has 2 heteroatoms. The monoisotopic (exact) mass is 246 g/mol. The molecule has 0 atom stereocenters. The molecule has 0 amide bonds. The van der Waals surface area contributed by atoms with Crippen molar-refractivity contribution >= 4 is 0 Å². The van der Waals surface area contributed by atoms with E-state index in [4.69, 9.17) is 4.42 Å². The lowest BCUT2D eigenvalue weighted by atomic mass is 10.1. The van der Waals surface area contributed by atoms with Gasteiger partial charge in [-0.15, -0.1) is 0 Å². The Balaban J connectivity index is 2.03. The minimum absolute atomic E-state index is 0.258. The minimum Gasteiger partial charge on any atom is -0.458 e. The van der Waals surface area contributed by atoms with E-state index in [-0.39, 0.29) is 5.82 Å². The van der Waals surface area contributed by atoms with Crippen molar-refractivity contribution in [1.82, 2.24) is 0 Å². The number of benzene rings is 1. The van der Waals surface area contributed by atoms with Crippen molar-refractivity contribution in [2.45, 2.75) is 39.0 Å². The van der Waals surface area contributed by atoms with Gasteiger partial charge in [-0.1, -0.05) is 56.5 Å². The van der Waals surface area contributed by atoms with Crippen LogP contribution in [0.15, 0.2) is 40.8 Å². The maximum Gasteiger partial charge on any atom is 0.169 e. The second kappa shape index (κ2) is 6.39. The van der Waals surface area contributed by atoms with Crippen molar-refractivity contribution in [3.63, 3.8) is 0 Å². The molecule has 18 heavy (non-hydrogen) atoms. The Hall–Kier alpha value is -1.57. The Bertz CT molecular complexity index is 473. The second-order valence-corrected chi connectivity index (χ2v) is 4.57. The molecule has 1 aromatic heterocycles. The molecule has 96 valence electrons. The van der Waals surface area contributed by atoms with Crippen LogP contribution in [0.25, 0.3) is 11.3 Å². The van der Waals surface area contributed by atoms with Crippen molar-refractivity contribution in [2.24, 2.45) is 0 Å². The molecular weight excluding hydrogens is 227 g/mol. The van der Waals surface area contributed by atoms with Crippen molar-refractivity contribution in [3.8, 4) is 11.3 Å². The van der Waals surface area contributed by atoms with Crippen molar-refractivity contribution in [1.29, 1.82) is 0 Å². The number of furan rings is 1. The Morgan fingerprint density at radius 2 is 1.83 bits per heavy atom. The van der Waals surface area contributed by atoms with Gasteiger partial charge in [0.15, 0.2) is 11.6 Å². The van der Waals surface area contributed by atoms with Gasteiger partial charge < -0.3 is 4.42 Å². The highest BCUT2D eigenvalue weighted by Gasteiger charge is 2.12. The molecule has 0 saturated carbocycles. The summed E-state index contributed by atoms with van der Waals surface area (Å²) in [7, 11) is 0. The quantitative estimate of drug-likeness (QED) is 0.638. The van der Waals surface area contributed by atoms with E-state index in [0.717, 1.165) is 24.2 Å². The first-order valence-electron chi connectivity index (χ1n) is 6.65. The molecule has 0 saturated heterocycles. The number of aryl methyl sites for hydroxylation is 1. The molecule has 1 heterocycles. The first kappa shape index (κ1) is 12.9. The third kappa shape index (κ3) is 3.22. The maximum atomic E-state index is 13.8. The second-order valence-electron chi connectivity index (χ2n) is 4.57. The minimum atomic E-state index is -0.258. The molecule has 0 aliphatic carbocycles. The molecule has 2 aromatic rings. The van der Waals surface area contributed by atoms with Crippen molar-refractivity contribution in [3.05, 3.63) is 48.0 Å². The molecule has 2 rings (SSSR count). The van der Waals surface area contributed by atoms with Crippen LogP contribution in [0.5, 0.6) is 0 Å². The Labute approximate surface area is 108 Å². The highest BCUT2D eigenvalue weighted by atomic mass is 19.1. The molecule has 0 fully saturated rings. The molecule has 0 spiro atoms. The molecule has 0 bridgehead atoms. The lowest BCUT2D eigenvalue weighted by molar-refractivity contribution is 0.495. The Morgan fingerprint density at radius 1 is 1.06 bits per heavy atom. The summed E-state index contributed by atoms with van der Waals surface area (Å²) in [6.45, 7) is 2.18. The molecule has 0 unspecified atom stereocenters. The zero-order valence-corrected chi connectivity index (χ0v) is 10.8. The average Bonchev–Trinajstić information content (AvgIpc) is 2.77. The fraction of sp³-hybridized carbons (Fsp3) is 0.375. The van der Waals surface area contributed by atoms with Gasteiger partial charge in [-0.2, -0.15) is 0 Å². The zero-order valence-electron chi connectivity index (χ0n) is 10.8. The topological polar surface area (TPSA) is 13.1 Å². The van der Waals surface area contributed by atoms with Crippen LogP contribution in [0.3, 0.4) is 0 Å². The molecule has 0 aliphatic rings. The predicted octanol–water partition coefficient (Wildman–Crippen LogP) is 5.21. The van der Waals surface area contributed by atoms with Crippen LogP contribution in [0.2, 0.25) is 0 Å². The van der Waals surface area contributed by atoms with Gasteiger partial charge in [0.2, 0.25) is 0 Å². The lowest BCUT2D eigenvalue weighted by Crippen LogP contribution is -1.82. The summed E-state index contributed by atoms with van der Waals surface area (Å²) in [6.07, 6.45) is 5.51. The number of halogens is 1. The largest absolute Gasteiger partial charge is 0.458 e. The molecular formula is C16H19FO. The van der Waals surface area contributed by atoms with Gasteiger partial charge in [0.05, 0.1) is 0 Å². The number of hydrogen-bond acceptors (Lipinski definition) is 1. The lowest BCUT2D eigenvalue weighted by Gasteiger charge is -1.98. The van der Waals surface area contributed by atoms with Crippen molar-refractivity contribution < 1.29 is 8.81 Å². The molecule has 1 nitrogen and oxygen atoms in total. The van der Waals surface area contributed by atoms with Gasteiger partial charge in [0, 0.05) is 18.1 Å². The van der Waals surface area contributed by atoms with Gasteiger partial charge in [-0.05, 0) is 6.42 Å². The van der Waals surface area contributed by atoms with E-state index in [2.05, 4.69) is 6.92 Å². The zero-order chi connectivity index (χ0) is 12.8. The first-order chi connectivity index (χ1) is 8.81. The van der Waals surface area contributed by atoms with Crippen LogP contribution in [-0.2, 0) is 6.42 Å². The summed E-state index contributed by atoms with van der Waals surface area (Å²) in [5, 5.41) is 0. The number of hydrogen-bond donors (Lipinski definition) is 0. The average molecular weight is 246 g/mol. The van der Waals surface area contributed by atoms with E-state index in [1.807, 2.05) is 30.3 Å². The van der Waals surface area contributed by atoms with E-state index >= 15 is 0 Å². The standard InChI is InChI=1S/C16H19FO/c1-2-3-4-8-11-14-12-15(17)16(18-14)13-9-6-5-7-10-13/h5-7,9-10,12H,2-4,8,11H2,1H3. The summed E-state index contributed by atoms with van der Waals surface area (Å²) in [6, 6.07) is 10.9. The number of unbranched alkanes of at least 4 members (excludes halogenated alkanes) is 3. The summed E-state index contributed by atoms with van der Waals surface area (Å²) in [5.74, 6) is 0.857. The van der Waals surface area contributed by atoms with Gasteiger partial charge >= 0.3 is 0 Å². The van der Waals surface area contributed by atoms with E-state index in [9.17, 15) is 4.39 Å². The van der Waals surface area contributed by atoms with Gasteiger partial charge in [-0.25, -0.2) is 4.39 Å². The third-order valence-corrected chi connectivity index (χ3v) is 3.05. The summed E-state index contributed by atoms with van der Waals surface area (Å²) in [4.78, 5) is 0. The fourth-order valence-corrected chi connectivity index (χ4v) is 2.05. The van der Waals surface area contributed by atoms with Crippen LogP contribution < -0.4 is 0 Å². The van der Waals surface area contributed by atoms with E-state index in [1.165, 1.54) is 25.3 Å². The third-order valence-electron chi connectivity index (χ3n) is 3.05. The smallest absolute Gasteiger partial charge is 0.169 e. The van der Waals surface area contributed by atoms with Crippen LogP contribution in [0.4, 0.5) is 4.39 Å². The Kier molecular flexibility index (Phi) is 4.57. The van der Waals surface area contributed by atoms with Crippen LogP contribution in [-0.4, -0.2) is 0 Å². The van der Waals surface area contributed by atoms with Crippen LogP contribution in [0.1, 0.15) is 38.4 Å². The summed E-state index contributed by atoms with van der Waals surface area (Å²) < 4.78 is 19.4. The van der Waals surface area contributed by atoms with Crippen molar-refractivity contribution in [2.75, 3.05) is 0 Å². The van der Waals surface area contributed by atoms with E-state index in [1.54, 1.807) is 0 Å². The Morgan fingerprint density at radius 3 is 2.56 bits per heavy atom. The first-order valence-corrected chi connectivity index (χ1v) is 6.65. The predicted molar refractivity (Wildman–Crippen MR) is 71.9 cm³/mol. The van der Waals surface area contributed by atoms with Gasteiger partial charge in [-0.3, -0.25) is 0 Å². The highest BCUT2D eigenvalue weighted by Crippen LogP contribution is 2.26. The molecule has 0 radical (unpaired) electrons. The van der Waals surface area contributed by atoms with E-state index in [0.29, 0.717) is 5.76 Å². The van der Waals surface area contributed by atoms with Crippen LogP contribution >= 0.6 is 0 Å².